The number of nitrogens with two attached hydrogens (primary N) is 1. The number of esters is 1. The Hall–Kier alpha value is -2.13. The summed E-state index contributed by atoms with van der Waals surface area (Å²) in [5.41, 5.74) is 8.43. The number of benzene rings is 2. The lowest BCUT2D eigenvalue weighted by Crippen LogP contribution is -2.19. The van der Waals surface area contributed by atoms with Crippen molar-refractivity contribution in [2.24, 2.45) is 5.73 Å². The minimum atomic E-state index is -0.739. The minimum absolute atomic E-state index is 0.354. The lowest BCUT2D eigenvalue weighted by atomic mass is 10.0. The first kappa shape index (κ1) is 17.2. The van der Waals surface area contributed by atoms with Gasteiger partial charge in [-0.1, -0.05) is 74.7 Å². The van der Waals surface area contributed by atoms with Crippen molar-refractivity contribution in [2.75, 3.05) is 0 Å². The Morgan fingerprint density at radius 3 is 2.43 bits per heavy atom. The molecule has 2 aromatic carbocycles. The highest BCUT2D eigenvalue weighted by atomic mass is 16.6. The highest BCUT2D eigenvalue weighted by molar-refractivity contribution is 5.91. The Balaban J connectivity index is 2.01. The molecule has 1 unspecified atom stereocenters. The standard InChI is InChI=1S/C20H25NO2/c1-2-3-4-6-11-16-12-9-10-15-18(16)20(22)23-19(21)17-13-7-5-8-14-17/h5,7-10,12-15,19H,2-4,6,11,21H2,1H3. The monoisotopic (exact) mass is 311 g/mol. The number of aryl methyl sites for hydroxylation is 1. The van der Waals surface area contributed by atoms with E-state index in [1.165, 1.54) is 19.3 Å². The second kappa shape index (κ2) is 9.11. The molecule has 23 heavy (non-hydrogen) atoms. The van der Waals surface area contributed by atoms with Crippen molar-refractivity contribution in [3.63, 3.8) is 0 Å². The van der Waals surface area contributed by atoms with Crippen LogP contribution in [0.1, 0.15) is 60.3 Å². The van der Waals surface area contributed by atoms with E-state index >= 15 is 0 Å². The molecule has 3 heteroatoms. The van der Waals surface area contributed by atoms with Crippen LogP contribution in [0.5, 0.6) is 0 Å². The maximum atomic E-state index is 12.4. The van der Waals surface area contributed by atoms with E-state index in [-0.39, 0.29) is 5.97 Å². The van der Waals surface area contributed by atoms with Gasteiger partial charge in [0.15, 0.2) is 6.23 Å². The van der Waals surface area contributed by atoms with Gasteiger partial charge in [0.05, 0.1) is 5.56 Å². The van der Waals surface area contributed by atoms with Gasteiger partial charge in [0, 0.05) is 5.56 Å². The topological polar surface area (TPSA) is 52.3 Å². The fourth-order valence-electron chi connectivity index (χ4n) is 2.57. The van der Waals surface area contributed by atoms with Crippen molar-refractivity contribution >= 4 is 5.97 Å². The van der Waals surface area contributed by atoms with E-state index in [1.54, 1.807) is 0 Å². The number of unbranched alkanes of at least 4 members (excludes halogenated alkanes) is 3. The fraction of sp³-hybridized carbons (Fsp3) is 0.350. The molecule has 0 fully saturated rings. The van der Waals surface area contributed by atoms with Crippen LogP contribution in [-0.2, 0) is 11.2 Å². The first-order valence-corrected chi connectivity index (χ1v) is 8.31. The van der Waals surface area contributed by atoms with Crippen LogP contribution in [0.4, 0.5) is 0 Å². The first-order chi connectivity index (χ1) is 11.2. The maximum Gasteiger partial charge on any atom is 0.340 e. The number of rotatable bonds is 8. The van der Waals surface area contributed by atoms with E-state index < -0.39 is 6.23 Å². The van der Waals surface area contributed by atoms with Gasteiger partial charge in [-0.15, -0.1) is 0 Å². The van der Waals surface area contributed by atoms with Gasteiger partial charge in [0.1, 0.15) is 0 Å². The van der Waals surface area contributed by atoms with E-state index in [1.807, 2.05) is 54.6 Å². The highest BCUT2D eigenvalue weighted by Crippen LogP contribution is 2.18. The molecular weight excluding hydrogens is 286 g/mol. The van der Waals surface area contributed by atoms with Crippen LogP contribution in [0, 0.1) is 0 Å². The van der Waals surface area contributed by atoms with Crippen molar-refractivity contribution < 1.29 is 9.53 Å². The molecule has 0 aromatic heterocycles. The molecule has 0 bridgehead atoms. The summed E-state index contributed by atoms with van der Waals surface area (Å²) in [6, 6.07) is 17.0. The molecule has 122 valence electrons. The van der Waals surface area contributed by atoms with Crippen molar-refractivity contribution in [2.45, 2.75) is 45.3 Å². The summed E-state index contributed by atoms with van der Waals surface area (Å²) >= 11 is 0. The number of hydrogen-bond acceptors (Lipinski definition) is 3. The SMILES string of the molecule is CCCCCCc1ccccc1C(=O)OC(N)c1ccccc1. The Bertz CT molecular complexity index is 610. The Labute approximate surface area is 138 Å². The Morgan fingerprint density at radius 1 is 1.00 bits per heavy atom. The lowest BCUT2D eigenvalue weighted by molar-refractivity contribution is 0.0310. The van der Waals surface area contributed by atoms with Crippen LogP contribution < -0.4 is 5.73 Å². The Kier molecular flexibility index (Phi) is 6.82. The van der Waals surface area contributed by atoms with Gasteiger partial charge in [-0.05, 0) is 24.5 Å². The molecule has 0 aliphatic heterocycles. The van der Waals surface area contributed by atoms with Crippen molar-refractivity contribution in [1.29, 1.82) is 0 Å². The zero-order valence-electron chi connectivity index (χ0n) is 13.7. The van der Waals surface area contributed by atoms with Crippen LogP contribution in [-0.4, -0.2) is 5.97 Å². The molecule has 2 aromatic rings. The lowest BCUT2D eigenvalue weighted by Gasteiger charge is -2.15. The summed E-state index contributed by atoms with van der Waals surface area (Å²) in [6.07, 6.45) is 4.86. The largest absolute Gasteiger partial charge is 0.439 e. The molecule has 0 aliphatic rings. The van der Waals surface area contributed by atoms with E-state index in [2.05, 4.69) is 6.92 Å². The average molecular weight is 311 g/mol. The van der Waals surface area contributed by atoms with Crippen LogP contribution in [0.15, 0.2) is 54.6 Å². The molecule has 3 nitrogen and oxygen atoms in total. The third kappa shape index (κ3) is 5.22. The van der Waals surface area contributed by atoms with Crippen LogP contribution in [0.3, 0.4) is 0 Å². The van der Waals surface area contributed by atoms with Crippen molar-refractivity contribution in [3.8, 4) is 0 Å². The highest BCUT2D eigenvalue weighted by Gasteiger charge is 2.16. The predicted octanol–water partition coefficient (Wildman–Crippen LogP) is 4.62. The van der Waals surface area contributed by atoms with Crippen LogP contribution in [0.2, 0.25) is 0 Å². The molecule has 0 radical (unpaired) electrons. The fourth-order valence-corrected chi connectivity index (χ4v) is 2.57. The van der Waals surface area contributed by atoms with Crippen LogP contribution in [0.25, 0.3) is 0 Å². The van der Waals surface area contributed by atoms with Gasteiger partial charge in [-0.2, -0.15) is 0 Å². The molecule has 0 saturated heterocycles. The maximum absolute atomic E-state index is 12.4. The molecule has 0 amide bonds. The smallest absolute Gasteiger partial charge is 0.340 e. The number of hydrogen-bond donors (Lipinski definition) is 1. The summed E-state index contributed by atoms with van der Waals surface area (Å²) in [5.74, 6) is -0.354. The number of ether oxygens (including phenoxy) is 1. The molecule has 2 N–H and O–H groups in total. The van der Waals surface area contributed by atoms with Gasteiger partial charge in [-0.25, -0.2) is 4.79 Å². The minimum Gasteiger partial charge on any atom is -0.439 e. The van der Waals surface area contributed by atoms with Crippen molar-refractivity contribution in [3.05, 3.63) is 71.3 Å². The zero-order valence-corrected chi connectivity index (χ0v) is 13.7. The van der Waals surface area contributed by atoms with E-state index in [0.29, 0.717) is 5.56 Å². The van der Waals surface area contributed by atoms with Gasteiger partial charge < -0.3 is 4.74 Å². The molecular formula is C20H25NO2. The summed E-state index contributed by atoms with van der Waals surface area (Å²) < 4.78 is 5.43. The molecule has 0 aliphatic carbocycles. The van der Waals surface area contributed by atoms with Gasteiger partial charge in [-0.3, -0.25) is 5.73 Å². The Morgan fingerprint density at radius 2 is 1.70 bits per heavy atom. The quantitative estimate of drug-likeness (QED) is 0.439. The molecule has 0 saturated carbocycles. The summed E-state index contributed by atoms with van der Waals surface area (Å²) in [5, 5.41) is 0. The molecule has 1 atom stereocenters. The second-order valence-corrected chi connectivity index (χ2v) is 5.70. The summed E-state index contributed by atoms with van der Waals surface area (Å²) in [4.78, 5) is 12.4. The normalized spacial score (nSPS) is 11.9. The third-order valence-electron chi connectivity index (χ3n) is 3.90. The zero-order chi connectivity index (χ0) is 16.5. The second-order valence-electron chi connectivity index (χ2n) is 5.70. The van der Waals surface area contributed by atoms with Gasteiger partial charge >= 0.3 is 5.97 Å². The predicted molar refractivity (Wildman–Crippen MR) is 93.1 cm³/mol. The van der Waals surface area contributed by atoms with E-state index in [9.17, 15) is 4.79 Å². The molecule has 0 heterocycles. The van der Waals surface area contributed by atoms with E-state index in [0.717, 1.165) is 24.0 Å². The third-order valence-corrected chi connectivity index (χ3v) is 3.90. The molecule has 0 spiro atoms. The van der Waals surface area contributed by atoms with E-state index in [4.69, 9.17) is 10.5 Å². The number of carbonyl (C=O) groups is 1. The molecule has 2 rings (SSSR count). The first-order valence-electron chi connectivity index (χ1n) is 8.31. The number of carbonyl (C=O) groups excluding carboxylic acids is 1. The average Bonchev–Trinajstić information content (AvgIpc) is 2.59. The van der Waals surface area contributed by atoms with Gasteiger partial charge in [0.2, 0.25) is 0 Å². The summed E-state index contributed by atoms with van der Waals surface area (Å²) in [6.45, 7) is 2.19. The van der Waals surface area contributed by atoms with Crippen LogP contribution >= 0.6 is 0 Å². The summed E-state index contributed by atoms with van der Waals surface area (Å²) in [7, 11) is 0. The van der Waals surface area contributed by atoms with Crippen molar-refractivity contribution in [1.82, 2.24) is 0 Å². The van der Waals surface area contributed by atoms with Gasteiger partial charge in [0.25, 0.3) is 0 Å².